The van der Waals surface area contributed by atoms with Crippen LogP contribution < -0.4 is 0 Å². The zero-order valence-corrected chi connectivity index (χ0v) is 10.7. The van der Waals surface area contributed by atoms with Gasteiger partial charge in [0.25, 0.3) is 0 Å². The number of ether oxygens (including phenoxy) is 1. The molecule has 0 aromatic rings. The normalized spacial score (nSPS) is 39.9. The van der Waals surface area contributed by atoms with Crippen LogP contribution in [0.15, 0.2) is 0 Å². The Balaban J connectivity index is 3.43. The zero-order chi connectivity index (χ0) is 15.2. The molecule has 1 aliphatic rings. The molecule has 1 heterocycles. The predicted molar refractivity (Wildman–Crippen MR) is 58.8 cm³/mol. The summed E-state index contributed by atoms with van der Waals surface area (Å²) in [5, 5.41) is 39.6. The van der Waals surface area contributed by atoms with Crippen LogP contribution in [0.2, 0.25) is 0 Å². The molecule has 8 heteroatoms. The van der Waals surface area contributed by atoms with Crippen molar-refractivity contribution in [2.24, 2.45) is 0 Å². The Labute approximate surface area is 108 Å². The van der Waals surface area contributed by atoms with Gasteiger partial charge in [-0.05, 0) is 20.8 Å². The Bertz CT molecular complexity index is 432. The highest BCUT2D eigenvalue weighted by atomic mass is 16.7. The Kier molecular flexibility index (Phi) is 3.95. The Morgan fingerprint density at radius 2 is 1.47 bits per heavy atom. The van der Waals surface area contributed by atoms with E-state index in [9.17, 15) is 34.8 Å². The maximum atomic E-state index is 11.6. The van der Waals surface area contributed by atoms with Gasteiger partial charge < -0.3 is 25.2 Å². The number of ketones is 3. The van der Waals surface area contributed by atoms with Crippen molar-refractivity contribution in [3.8, 4) is 0 Å². The first kappa shape index (κ1) is 15.9. The van der Waals surface area contributed by atoms with E-state index < -0.39 is 47.0 Å². The summed E-state index contributed by atoms with van der Waals surface area (Å²) in [6, 6.07) is 0. The molecule has 0 aromatic heterocycles. The first-order valence-electron chi connectivity index (χ1n) is 5.50. The molecule has 1 fully saturated rings. The van der Waals surface area contributed by atoms with E-state index in [1.54, 1.807) is 0 Å². The fourth-order valence-electron chi connectivity index (χ4n) is 2.17. The third-order valence-electron chi connectivity index (χ3n) is 3.40. The van der Waals surface area contributed by atoms with Gasteiger partial charge in [-0.2, -0.15) is 0 Å². The topological polar surface area (TPSA) is 141 Å². The minimum Gasteiger partial charge on any atom is -0.382 e. The smallest absolute Gasteiger partial charge is 0.212 e. The van der Waals surface area contributed by atoms with Crippen LogP contribution in [0.3, 0.4) is 0 Å². The van der Waals surface area contributed by atoms with Crippen molar-refractivity contribution in [3.63, 3.8) is 0 Å². The number of Topliss-reactive ketones (excluding diaryl/α,β-unsaturated/α-hetero) is 3. The maximum absolute atomic E-state index is 11.6. The molecule has 0 bridgehead atoms. The fraction of sp³-hybridized carbons (Fsp3) is 0.727. The third-order valence-corrected chi connectivity index (χ3v) is 3.40. The second-order valence-corrected chi connectivity index (χ2v) is 4.61. The highest BCUT2D eigenvalue weighted by Crippen LogP contribution is 2.42. The number of hydrogen-bond donors (Lipinski definition) is 4. The van der Waals surface area contributed by atoms with Crippen molar-refractivity contribution in [2.75, 3.05) is 0 Å². The molecule has 0 aliphatic carbocycles. The van der Waals surface area contributed by atoms with Crippen LogP contribution in [0.25, 0.3) is 0 Å². The van der Waals surface area contributed by atoms with Crippen LogP contribution in [0.4, 0.5) is 0 Å². The van der Waals surface area contributed by atoms with Crippen LogP contribution in [0.1, 0.15) is 20.8 Å². The SMILES string of the molecule is CC(=O)C(O)[C@H]1O[C@@H](O)[C@@](O)(C(C)=O)[C@@]1(O)C(C)=O. The van der Waals surface area contributed by atoms with Gasteiger partial charge in [-0.1, -0.05) is 0 Å². The number of carbonyl (C=O) groups is 3. The second kappa shape index (κ2) is 4.73. The lowest BCUT2D eigenvalue weighted by atomic mass is 9.74. The van der Waals surface area contributed by atoms with E-state index in [1.807, 2.05) is 0 Å². The molecular weight excluding hydrogens is 260 g/mol. The lowest BCUT2D eigenvalue weighted by Gasteiger charge is -2.36. The van der Waals surface area contributed by atoms with Gasteiger partial charge in [-0.25, -0.2) is 0 Å². The number of aliphatic hydroxyl groups is 4. The summed E-state index contributed by atoms with van der Waals surface area (Å²) in [5.74, 6) is -3.10. The summed E-state index contributed by atoms with van der Waals surface area (Å²) < 4.78 is 4.68. The van der Waals surface area contributed by atoms with Gasteiger partial charge >= 0.3 is 0 Å². The van der Waals surface area contributed by atoms with E-state index in [1.165, 1.54) is 0 Å². The summed E-state index contributed by atoms with van der Waals surface area (Å²) in [6.07, 6.45) is -6.15. The van der Waals surface area contributed by atoms with Gasteiger partial charge in [0.15, 0.2) is 29.2 Å². The van der Waals surface area contributed by atoms with E-state index in [-0.39, 0.29) is 0 Å². The van der Waals surface area contributed by atoms with Crippen LogP contribution in [0, 0.1) is 0 Å². The van der Waals surface area contributed by atoms with Gasteiger partial charge in [0.2, 0.25) is 5.60 Å². The number of aliphatic hydroxyl groups excluding tert-OH is 2. The van der Waals surface area contributed by atoms with Crippen molar-refractivity contribution in [3.05, 3.63) is 0 Å². The summed E-state index contributed by atoms with van der Waals surface area (Å²) in [4.78, 5) is 34.2. The number of rotatable bonds is 4. The molecule has 1 saturated heterocycles. The summed E-state index contributed by atoms with van der Waals surface area (Å²) >= 11 is 0. The third kappa shape index (κ3) is 1.92. The van der Waals surface area contributed by atoms with Crippen LogP contribution in [-0.2, 0) is 19.1 Å². The van der Waals surface area contributed by atoms with E-state index >= 15 is 0 Å². The Morgan fingerprint density at radius 3 is 1.79 bits per heavy atom. The van der Waals surface area contributed by atoms with E-state index in [4.69, 9.17) is 0 Å². The summed E-state index contributed by atoms with van der Waals surface area (Å²) in [7, 11) is 0. The monoisotopic (exact) mass is 276 g/mol. The minimum absolute atomic E-state index is 0.836. The quantitative estimate of drug-likeness (QED) is 0.434. The molecule has 5 atom stereocenters. The standard InChI is InChI=1S/C11H16O8/c1-4(12)7(15)8-10(17,5(2)13)11(18,6(3)14)9(16)19-8/h7-9,15-18H,1-3H3/t7?,8-,9-,10-,11+/m1/s1. The average molecular weight is 276 g/mol. The molecule has 8 nitrogen and oxygen atoms in total. The molecule has 1 rings (SSSR count). The Morgan fingerprint density at radius 1 is 1.05 bits per heavy atom. The van der Waals surface area contributed by atoms with E-state index in [0.29, 0.717) is 0 Å². The summed E-state index contributed by atoms with van der Waals surface area (Å²) in [5.41, 5.74) is -5.86. The second-order valence-electron chi connectivity index (χ2n) is 4.61. The first-order valence-corrected chi connectivity index (χ1v) is 5.50. The lowest BCUT2D eigenvalue weighted by molar-refractivity contribution is -0.197. The van der Waals surface area contributed by atoms with Crippen molar-refractivity contribution < 1.29 is 39.5 Å². The summed E-state index contributed by atoms with van der Waals surface area (Å²) in [6.45, 7) is 2.64. The molecule has 19 heavy (non-hydrogen) atoms. The minimum atomic E-state index is -2.94. The average Bonchev–Trinajstić information content (AvgIpc) is 2.51. The predicted octanol–water partition coefficient (Wildman–Crippen LogP) is -2.71. The molecule has 1 unspecified atom stereocenters. The molecule has 0 saturated carbocycles. The molecular formula is C11H16O8. The van der Waals surface area contributed by atoms with Crippen molar-refractivity contribution >= 4 is 17.3 Å². The van der Waals surface area contributed by atoms with Crippen LogP contribution >= 0.6 is 0 Å². The molecule has 108 valence electrons. The molecule has 1 aliphatic heterocycles. The fourth-order valence-corrected chi connectivity index (χ4v) is 2.17. The van der Waals surface area contributed by atoms with Gasteiger partial charge in [-0.15, -0.1) is 0 Å². The molecule has 4 N–H and O–H groups in total. The van der Waals surface area contributed by atoms with Crippen LogP contribution in [-0.4, -0.2) is 67.5 Å². The molecule has 0 amide bonds. The maximum Gasteiger partial charge on any atom is 0.212 e. The largest absolute Gasteiger partial charge is 0.382 e. The van der Waals surface area contributed by atoms with E-state index in [2.05, 4.69) is 4.74 Å². The zero-order valence-electron chi connectivity index (χ0n) is 10.7. The van der Waals surface area contributed by atoms with Gasteiger partial charge in [0.1, 0.15) is 12.2 Å². The first-order chi connectivity index (χ1) is 8.51. The Hall–Kier alpha value is -1.19. The highest BCUT2D eigenvalue weighted by molar-refractivity contribution is 5.99. The highest BCUT2D eigenvalue weighted by Gasteiger charge is 2.72. The molecule has 0 radical (unpaired) electrons. The van der Waals surface area contributed by atoms with Crippen molar-refractivity contribution in [1.82, 2.24) is 0 Å². The van der Waals surface area contributed by atoms with E-state index in [0.717, 1.165) is 20.8 Å². The van der Waals surface area contributed by atoms with Gasteiger partial charge in [-0.3, -0.25) is 14.4 Å². The van der Waals surface area contributed by atoms with Crippen molar-refractivity contribution in [2.45, 2.75) is 50.5 Å². The van der Waals surface area contributed by atoms with Gasteiger partial charge in [0.05, 0.1) is 0 Å². The molecule has 0 spiro atoms. The lowest BCUT2D eigenvalue weighted by Crippen LogP contribution is -2.68. The molecule has 0 aromatic carbocycles. The number of carbonyl (C=O) groups excluding carboxylic acids is 3. The van der Waals surface area contributed by atoms with Crippen molar-refractivity contribution in [1.29, 1.82) is 0 Å². The van der Waals surface area contributed by atoms with Gasteiger partial charge in [0, 0.05) is 0 Å². The van der Waals surface area contributed by atoms with Crippen LogP contribution in [0.5, 0.6) is 0 Å². The number of hydrogen-bond acceptors (Lipinski definition) is 8.